The third-order valence-electron chi connectivity index (χ3n) is 3.04. The molecule has 1 aromatic rings. The molecule has 1 fully saturated rings. The molecule has 4 heteroatoms. The van der Waals surface area contributed by atoms with Gasteiger partial charge in [-0.05, 0) is 17.9 Å². The number of amides is 1. The molecule has 0 spiro atoms. The summed E-state index contributed by atoms with van der Waals surface area (Å²) >= 11 is 1.46. The molecule has 0 saturated carbocycles. The minimum absolute atomic E-state index is 0.0395. The summed E-state index contributed by atoms with van der Waals surface area (Å²) in [6.45, 7) is 3.17. The number of piperidine rings is 1. The van der Waals surface area contributed by atoms with Crippen molar-refractivity contribution in [2.75, 3.05) is 13.1 Å². The molecule has 1 saturated heterocycles. The molecule has 86 valence electrons. The van der Waals surface area contributed by atoms with E-state index in [-0.39, 0.29) is 11.8 Å². The van der Waals surface area contributed by atoms with Crippen LogP contribution in [0.3, 0.4) is 0 Å². The fourth-order valence-electron chi connectivity index (χ4n) is 2.01. The zero-order valence-electron chi connectivity index (χ0n) is 9.31. The Hall–Kier alpha value is -1.16. The maximum atomic E-state index is 12.1. The molecule has 1 aliphatic rings. The summed E-state index contributed by atoms with van der Waals surface area (Å²) in [6, 6.07) is 3.72. The molecule has 1 atom stereocenters. The van der Waals surface area contributed by atoms with Crippen molar-refractivity contribution >= 4 is 23.0 Å². The van der Waals surface area contributed by atoms with Gasteiger partial charge in [-0.15, -0.1) is 11.3 Å². The van der Waals surface area contributed by atoms with Crippen molar-refractivity contribution in [2.24, 2.45) is 5.92 Å². The molecule has 0 bridgehead atoms. The van der Waals surface area contributed by atoms with Crippen molar-refractivity contribution in [1.82, 2.24) is 4.90 Å². The number of carbonyl (C=O) groups excluding carboxylic acids is 2. The van der Waals surface area contributed by atoms with E-state index in [0.29, 0.717) is 25.3 Å². The van der Waals surface area contributed by atoms with Crippen molar-refractivity contribution in [1.29, 1.82) is 0 Å². The molecule has 1 aliphatic heterocycles. The van der Waals surface area contributed by atoms with E-state index in [1.807, 2.05) is 24.4 Å². The van der Waals surface area contributed by atoms with Gasteiger partial charge in [-0.1, -0.05) is 13.0 Å². The maximum absolute atomic E-state index is 12.1. The third kappa shape index (κ3) is 2.16. The SMILES string of the molecule is CCC1CN(C(=O)c2cccs2)CCC1=O. The average Bonchev–Trinajstić information content (AvgIpc) is 2.82. The molecule has 2 heterocycles. The standard InChI is InChI=1S/C12H15NO2S/c1-2-9-8-13(6-5-10(9)14)12(15)11-4-3-7-16-11/h3-4,7,9H,2,5-6,8H2,1H3. The number of nitrogens with zero attached hydrogens (tertiary/aromatic N) is 1. The Bertz CT molecular complexity index is 386. The first-order valence-electron chi connectivity index (χ1n) is 5.58. The summed E-state index contributed by atoms with van der Waals surface area (Å²) in [6.07, 6.45) is 1.34. The largest absolute Gasteiger partial charge is 0.337 e. The van der Waals surface area contributed by atoms with Crippen molar-refractivity contribution in [3.8, 4) is 0 Å². The number of likely N-dealkylation sites (tertiary alicyclic amines) is 1. The monoisotopic (exact) mass is 237 g/mol. The fourth-order valence-corrected chi connectivity index (χ4v) is 2.70. The van der Waals surface area contributed by atoms with Gasteiger partial charge in [0.05, 0.1) is 4.88 Å². The summed E-state index contributed by atoms with van der Waals surface area (Å²) in [5, 5.41) is 1.90. The van der Waals surface area contributed by atoms with Crippen LogP contribution in [0, 0.1) is 5.92 Å². The smallest absolute Gasteiger partial charge is 0.263 e. The zero-order valence-corrected chi connectivity index (χ0v) is 10.1. The molecule has 1 aromatic heterocycles. The Morgan fingerprint density at radius 3 is 3.06 bits per heavy atom. The Balaban J connectivity index is 2.06. The summed E-state index contributed by atoms with van der Waals surface area (Å²) in [5.41, 5.74) is 0. The number of ketones is 1. The molecule has 1 unspecified atom stereocenters. The van der Waals surface area contributed by atoms with Gasteiger partial charge in [0.2, 0.25) is 0 Å². The van der Waals surface area contributed by atoms with Crippen molar-refractivity contribution in [3.63, 3.8) is 0 Å². The van der Waals surface area contributed by atoms with Gasteiger partial charge < -0.3 is 4.90 Å². The molecular weight excluding hydrogens is 222 g/mol. The molecule has 16 heavy (non-hydrogen) atoms. The first-order chi connectivity index (χ1) is 7.72. The van der Waals surface area contributed by atoms with Gasteiger partial charge in [0.1, 0.15) is 5.78 Å². The first kappa shape index (κ1) is 11.3. The Morgan fingerprint density at radius 1 is 1.62 bits per heavy atom. The quantitative estimate of drug-likeness (QED) is 0.790. The van der Waals surface area contributed by atoms with Gasteiger partial charge in [0.15, 0.2) is 0 Å². The number of hydrogen-bond donors (Lipinski definition) is 0. The van der Waals surface area contributed by atoms with Crippen LogP contribution in [-0.2, 0) is 4.79 Å². The highest BCUT2D eigenvalue weighted by Crippen LogP contribution is 2.19. The molecule has 0 radical (unpaired) electrons. The van der Waals surface area contributed by atoms with E-state index in [9.17, 15) is 9.59 Å². The predicted molar refractivity (Wildman–Crippen MR) is 63.6 cm³/mol. The van der Waals surface area contributed by atoms with E-state index in [0.717, 1.165) is 11.3 Å². The summed E-state index contributed by atoms with van der Waals surface area (Å²) in [5.74, 6) is 0.413. The van der Waals surface area contributed by atoms with Crippen LogP contribution < -0.4 is 0 Å². The first-order valence-corrected chi connectivity index (χ1v) is 6.45. The zero-order chi connectivity index (χ0) is 11.5. The van der Waals surface area contributed by atoms with Gasteiger partial charge in [-0.25, -0.2) is 0 Å². The van der Waals surface area contributed by atoms with E-state index in [4.69, 9.17) is 0 Å². The van der Waals surface area contributed by atoms with Crippen molar-refractivity contribution < 1.29 is 9.59 Å². The highest BCUT2D eigenvalue weighted by Gasteiger charge is 2.29. The number of rotatable bonds is 2. The molecule has 0 aromatic carbocycles. The van der Waals surface area contributed by atoms with Crippen LogP contribution in [0.25, 0.3) is 0 Å². The molecule has 2 rings (SSSR count). The Kier molecular flexibility index (Phi) is 3.39. The Labute approximate surface area is 99.1 Å². The minimum atomic E-state index is 0.0395. The second-order valence-electron chi connectivity index (χ2n) is 4.05. The average molecular weight is 237 g/mol. The summed E-state index contributed by atoms with van der Waals surface area (Å²) in [7, 11) is 0. The minimum Gasteiger partial charge on any atom is -0.337 e. The summed E-state index contributed by atoms with van der Waals surface area (Å²) < 4.78 is 0. The third-order valence-corrected chi connectivity index (χ3v) is 3.89. The lowest BCUT2D eigenvalue weighted by Gasteiger charge is -2.31. The molecule has 3 nitrogen and oxygen atoms in total. The topological polar surface area (TPSA) is 37.4 Å². The van der Waals surface area contributed by atoms with Gasteiger partial charge in [0.25, 0.3) is 5.91 Å². The van der Waals surface area contributed by atoms with Gasteiger partial charge >= 0.3 is 0 Å². The van der Waals surface area contributed by atoms with Gasteiger partial charge in [-0.3, -0.25) is 9.59 Å². The van der Waals surface area contributed by atoms with Crippen LogP contribution >= 0.6 is 11.3 Å². The van der Waals surface area contributed by atoms with E-state index < -0.39 is 0 Å². The van der Waals surface area contributed by atoms with E-state index >= 15 is 0 Å². The number of thiophene rings is 1. The van der Waals surface area contributed by atoms with Crippen molar-refractivity contribution in [2.45, 2.75) is 19.8 Å². The van der Waals surface area contributed by atoms with Crippen LogP contribution in [-0.4, -0.2) is 29.7 Å². The van der Waals surface area contributed by atoms with Crippen LogP contribution in [0.1, 0.15) is 29.4 Å². The van der Waals surface area contributed by atoms with Crippen LogP contribution in [0.5, 0.6) is 0 Å². The molecule has 0 aliphatic carbocycles. The second-order valence-corrected chi connectivity index (χ2v) is 5.00. The second kappa shape index (κ2) is 4.78. The lowest BCUT2D eigenvalue weighted by molar-refractivity contribution is -0.125. The van der Waals surface area contributed by atoms with E-state index in [2.05, 4.69) is 0 Å². The predicted octanol–water partition coefficient (Wildman–Crippen LogP) is 2.19. The van der Waals surface area contributed by atoms with Crippen LogP contribution in [0.15, 0.2) is 17.5 Å². The van der Waals surface area contributed by atoms with Crippen LogP contribution in [0.4, 0.5) is 0 Å². The molecule has 0 N–H and O–H groups in total. The molecule has 1 amide bonds. The maximum Gasteiger partial charge on any atom is 0.263 e. The lowest BCUT2D eigenvalue weighted by Crippen LogP contribution is -2.43. The fraction of sp³-hybridized carbons (Fsp3) is 0.500. The Morgan fingerprint density at radius 2 is 2.44 bits per heavy atom. The number of hydrogen-bond acceptors (Lipinski definition) is 3. The number of Topliss-reactive ketones (excluding diaryl/α,β-unsaturated/α-hetero) is 1. The molecular formula is C12H15NO2S. The highest BCUT2D eigenvalue weighted by molar-refractivity contribution is 7.12. The van der Waals surface area contributed by atoms with E-state index in [1.54, 1.807) is 4.90 Å². The van der Waals surface area contributed by atoms with E-state index in [1.165, 1.54) is 11.3 Å². The van der Waals surface area contributed by atoms with Crippen molar-refractivity contribution in [3.05, 3.63) is 22.4 Å². The van der Waals surface area contributed by atoms with Gasteiger partial charge in [-0.2, -0.15) is 0 Å². The highest BCUT2D eigenvalue weighted by atomic mass is 32.1. The lowest BCUT2D eigenvalue weighted by atomic mass is 9.94. The summed E-state index contributed by atoms with van der Waals surface area (Å²) in [4.78, 5) is 26.2. The number of carbonyl (C=O) groups is 2. The van der Waals surface area contributed by atoms with Crippen LogP contribution in [0.2, 0.25) is 0 Å². The normalized spacial score (nSPS) is 21.2. The van der Waals surface area contributed by atoms with Gasteiger partial charge in [0, 0.05) is 25.4 Å².